The summed E-state index contributed by atoms with van der Waals surface area (Å²) in [6, 6.07) is 9.21. The van der Waals surface area contributed by atoms with Gasteiger partial charge in [0, 0.05) is 0 Å². The molecule has 72 valence electrons. The monoisotopic (exact) mass is 188 g/mol. The minimum atomic E-state index is -0.406. The lowest BCUT2D eigenvalue weighted by Crippen LogP contribution is -2.05. The van der Waals surface area contributed by atoms with Gasteiger partial charge in [0.15, 0.2) is 0 Å². The lowest BCUT2D eigenvalue weighted by Gasteiger charge is -2.04. The standard InChI is InChI=1S/C12H12O2/c1-3-9-14-12(13)10(2)11-7-5-4-6-8-11/h3-8H,1-2,9H2. The average Bonchev–Trinajstić information content (AvgIpc) is 2.26. The molecule has 0 heterocycles. The lowest BCUT2D eigenvalue weighted by atomic mass is 10.1. The van der Waals surface area contributed by atoms with Crippen LogP contribution in [0.15, 0.2) is 49.6 Å². The van der Waals surface area contributed by atoms with Gasteiger partial charge >= 0.3 is 5.97 Å². The van der Waals surface area contributed by atoms with E-state index in [9.17, 15) is 4.79 Å². The first-order valence-corrected chi connectivity index (χ1v) is 4.28. The summed E-state index contributed by atoms with van der Waals surface area (Å²) in [5.74, 6) is -0.406. The Balaban J connectivity index is 2.66. The lowest BCUT2D eigenvalue weighted by molar-refractivity contribution is -0.135. The predicted octanol–water partition coefficient (Wildman–Crippen LogP) is 2.43. The predicted molar refractivity (Wildman–Crippen MR) is 56.6 cm³/mol. The summed E-state index contributed by atoms with van der Waals surface area (Å²) in [7, 11) is 0. The van der Waals surface area contributed by atoms with Crippen LogP contribution in [-0.2, 0) is 9.53 Å². The fourth-order valence-corrected chi connectivity index (χ4v) is 0.979. The van der Waals surface area contributed by atoms with E-state index in [4.69, 9.17) is 4.74 Å². The van der Waals surface area contributed by atoms with Crippen molar-refractivity contribution in [2.75, 3.05) is 6.61 Å². The molecule has 0 atom stereocenters. The normalized spacial score (nSPS) is 9.14. The number of carbonyl (C=O) groups excluding carboxylic acids is 1. The van der Waals surface area contributed by atoms with Crippen LogP contribution in [0.1, 0.15) is 5.56 Å². The zero-order valence-corrected chi connectivity index (χ0v) is 7.90. The molecule has 0 amide bonds. The second-order valence-electron chi connectivity index (χ2n) is 2.73. The van der Waals surface area contributed by atoms with Crippen molar-refractivity contribution >= 4 is 11.5 Å². The van der Waals surface area contributed by atoms with Crippen molar-refractivity contribution in [3.8, 4) is 0 Å². The zero-order valence-electron chi connectivity index (χ0n) is 7.90. The number of hydrogen-bond donors (Lipinski definition) is 0. The van der Waals surface area contributed by atoms with Crippen molar-refractivity contribution in [3.63, 3.8) is 0 Å². The molecule has 0 spiro atoms. The molecule has 2 heteroatoms. The van der Waals surface area contributed by atoms with Crippen LogP contribution in [0.25, 0.3) is 5.57 Å². The first-order chi connectivity index (χ1) is 6.75. The first kappa shape index (κ1) is 10.3. The van der Waals surface area contributed by atoms with Gasteiger partial charge in [-0.05, 0) is 5.56 Å². The van der Waals surface area contributed by atoms with E-state index in [2.05, 4.69) is 13.2 Å². The molecule has 2 nitrogen and oxygen atoms in total. The van der Waals surface area contributed by atoms with Crippen molar-refractivity contribution < 1.29 is 9.53 Å². The van der Waals surface area contributed by atoms with E-state index in [1.54, 1.807) is 0 Å². The topological polar surface area (TPSA) is 26.3 Å². The SMILES string of the molecule is C=CCOC(=O)C(=C)c1ccccc1. The summed E-state index contributed by atoms with van der Waals surface area (Å²) in [4.78, 5) is 11.3. The fraction of sp³-hybridized carbons (Fsp3) is 0.0833. The molecule has 0 unspecified atom stereocenters. The second kappa shape index (κ2) is 5.02. The van der Waals surface area contributed by atoms with E-state index >= 15 is 0 Å². The molecular weight excluding hydrogens is 176 g/mol. The number of hydrogen-bond acceptors (Lipinski definition) is 2. The van der Waals surface area contributed by atoms with Crippen molar-refractivity contribution in [3.05, 3.63) is 55.1 Å². The van der Waals surface area contributed by atoms with E-state index in [1.807, 2.05) is 30.3 Å². The van der Waals surface area contributed by atoms with Crippen molar-refractivity contribution in [1.29, 1.82) is 0 Å². The molecule has 0 aliphatic rings. The van der Waals surface area contributed by atoms with Crippen LogP contribution >= 0.6 is 0 Å². The highest BCUT2D eigenvalue weighted by atomic mass is 16.5. The van der Waals surface area contributed by atoms with E-state index in [-0.39, 0.29) is 6.61 Å². The summed E-state index contributed by atoms with van der Waals surface area (Å²) in [6.45, 7) is 7.34. The first-order valence-electron chi connectivity index (χ1n) is 4.28. The van der Waals surface area contributed by atoms with Gasteiger partial charge in [-0.25, -0.2) is 4.79 Å². The smallest absolute Gasteiger partial charge is 0.338 e. The quantitative estimate of drug-likeness (QED) is 0.412. The Hall–Kier alpha value is -1.83. The van der Waals surface area contributed by atoms with Gasteiger partial charge in [0.05, 0.1) is 5.57 Å². The van der Waals surface area contributed by atoms with E-state index in [0.29, 0.717) is 5.57 Å². The molecule has 0 fully saturated rings. The van der Waals surface area contributed by atoms with Gasteiger partial charge in [-0.15, -0.1) is 0 Å². The number of esters is 1. The molecule has 0 aliphatic carbocycles. The number of rotatable bonds is 4. The number of benzene rings is 1. The van der Waals surface area contributed by atoms with Gasteiger partial charge in [-0.2, -0.15) is 0 Å². The van der Waals surface area contributed by atoms with Gasteiger partial charge in [0.25, 0.3) is 0 Å². The number of carbonyl (C=O) groups is 1. The number of ether oxygens (including phenoxy) is 1. The Morgan fingerprint density at radius 1 is 1.36 bits per heavy atom. The summed E-state index contributed by atoms with van der Waals surface area (Å²) < 4.78 is 4.85. The van der Waals surface area contributed by atoms with Crippen LogP contribution in [0.4, 0.5) is 0 Å². The largest absolute Gasteiger partial charge is 0.458 e. The van der Waals surface area contributed by atoms with Crippen LogP contribution in [-0.4, -0.2) is 12.6 Å². The Morgan fingerprint density at radius 3 is 2.57 bits per heavy atom. The van der Waals surface area contributed by atoms with Gasteiger partial charge in [0.2, 0.25) is 0 Å². The van der Waals surface area contributed by atoms with Gasteiger partial charge in [-0.3, -0.25) is 0 Å². The minimum Gasteiger partial charge on any atom is -0.458 e. The van der Waals surface area contributed by atoms with Crippen molar-refractivity contribution in [2.24, 2.45) is 0 Å². The van der Waals surface area contributed by atoms with E-state index in [0.717, 1.165) is 5.56 Å². The van der Waals surface area contributed by atoms with Gasteiger partial charge < -0.3 is 4.74 Å². The van der Waals surface area contributed by atoms with Crippen LogP contribution < -0.4 is 0 Å². The van der Waals surface area contributed by atoms with Gasteiger partial charge in [0.1, 0.15) is 6.61 Å². The van der Waals surface area contributed by atoms with E-state index < -0.39 is 5.97 Å². The average molecular weight is 188 g/mol. The Morgan fingerprint density at radius 2 is 2.00 bits per heavy atom. The Bertz CT molecular complexity index is 339. The summed E-state index contributed by atoms with van der Waals surface area (Å²) in [6.07, 6.45) is 1.52. The van der Waals surface area contributed by atoms with Crippen molar-refractivity contribution in [2.45, 2.75) is 0 Å². The Labute approximate surface area is 83.5 Å². The third kappa shape index (κ3) is 2.59. The molecular formula is C12H12O2. The highest BCUT2D eigenvalue weighted by Crippen LogP contribution is 2.12. The molecule has 0 saturated carbocycles. The van der Waals surface area contributed by atoms with Crippen LogP contribution in [0.3, 0.4) is 0 Å². The van der Waals surface area contributed by atoms with Crippen LogP contribution in [0, 0.1) is 0 Å². The maximum atomic E-state index is 11.3. The molecule has 1 aromatic rings. The molecule has 14 heavy (non-hydrogen) atoms. The molecule has 0 aliphatic heterocycles. The second-order valence-corrected chi connectivity index (χ2v) is 2.73. The third-order valence-corrected chi connectivity index (χ3v) is 1.70. The van der Waals surface area contributed by atoms with Crippen LogP contribution in [0.5, 0.6) is 0 Å². The highest BCUT2D eigenvalue weighted by molar-refractivity contribution is 6.15. The molecule has 0 saturated heterocycles. The van der Waals surface area contributed by atoms with Gasteiger partial charge in [-0.1, -0.05) is 49.6 Å². The van der Waals surface area contributed by atoms with E-state index in [1.165, 1.54) is 6.08 Å². The maximum absolute atomic E-state index is 11.3. The molecule has 1 aromatic carbocycles. The minimum absolute atomic E-state index is 0.213. The Kier molecular flexibility index (Phi) is 3.68. The molecule has 0 aromatic heterocycles. The maximum Gasteiger partial charge on any atom is 0.338 e. The summed E-state index contributed by atoms with van der Waals surface area (Å²) in [5, 5.41) is 0. The van der Waals surface area contributed by atoms with Crippen molar-refractivity contribution in [1.82, 2.24) is 0 Å². The highest BCUT2D eigenvalue weighted by Gasteiger charge is 2.08. The molecule has 0 radical (unpaired) electrons. The fourth-order valence-electron chi connectivity index (χ4n) is 0.979. The molecule has 0 N–H and O–H groups in total. The third-order valence-electron chi connectivity index (χ3n) is 1.70. The molecule has 1 rings (SSSR count). The molecule has 0 bridgehead atoms. The zero-order chi connectivity index (χ0) is 10.4. The summed E-state index contributed by atoms with van der Waals surface area (Å²) in [5.41, 5.74) is 1.15. The summed E-state index contributed by atoms with van der Waals surface area (Å²) >= 11 is 0. The van der Waals surface area contributed by atoms with Crippen LogP contribution in [0.2, 0.25) is 0 Å².